The molecule has 0 unspecified atom stereocenters. The minimum atomic E-state index is 0. The number of hydrogen-bond donors (Lipinski definition) is 0. The largest absolute Gasteiger partial charge is 1.00 e. The van der Waals surface area contributed by atoms with E-state index in [2.05, 4.69) is 10.4 Å². The molecule has 0 saturated heterocycles. The van der Waals surface area contributed by atoms with E-state index in [-0.39, 0.29) is 18.9 Å². The number of aromatic nitrogens is 1. The smallest absolute Gasteiger partial charge is 0.328 e. The Kier molecular flexibility index (Phi) is 4.14. The summed E-state index contributed by atoms with van der Waals surface area (Å²) in [4.78, 5) is 3.60. The second kappa shape index (κ2) is 3.76. The minimum Gasteiger partial charge on any atom is -0.328 e. The fourth-order valence-electron chi connectivity index (χ4n) is 0.207. The molecule has 0 amide bonds. The molecule has 1 aromatic heterocycles. The maximum atomic E-state index is 5.35. The zero-order chi connectivity index (χ0) is 5.28. The van der Waals surface area contributed by atoms with Crippen LogP contribution < -0.4 is 18.9 Å². The van der Waals surface area contributed by atoms with Crippen molar-refractivity contribution in [3.63, 3.8) is 0 Å². The molecule has 0 aliphatic carbocycles. The van der Waals surface area contributed by atoms with Gasteiger partial charge < -0.3 is 16.3 Å². The standard InChI is InChI=1S/C3Cl2NS.Li/c4-2-1-7-3(5)6-2;/q-1;+1. The van der Waals surface area contributed by atoms with Gasteiger partial charge in [0, 0.05) is 9.62 Å². The molecule has 1 heterocycles. The quantitative estimate of drug-likeness (QED) is 0.359. The summed E-state index contributed by atoms with van der Waals surface area (Å²) in [6, 6.07) is 0. The summed E-state index contributed by atoms with van der Waals surface area (Å²) in [7, 11) is 0. The van der Waals surface area contributed by atoms with Gasteiger partial charge in [0.1, 0.15) is 0 Å². The molecule has 38 valence electrons. The first-order valence-corrected chi connectivity index (χ1v) is 3.06. The van der Waals surface area contributed by atoms with Crippen molar-refractivity contribution < 1.29 is 18.9 Å². The molecule has 1 nitrogen and oxygen atoms in total. The van der Waals surface area contributed by atoms with E-state index in [9.17, 15) is 0 Å². The van der Waals surface area contributed by atoms with E-state index < -0.39 is 0 Å². The van der Waals surface area contributed by atoms with Crippen LogP contribution in [0.4, 0.5) is 0 Å². The maximum absolute atomic E-state index is 5.35. The molecule has 0 saturated carbocycles. The Balaban J connectivity index is 0.000000490. The van der Waals surface area contributed by atoms with E-state index in [1.54, 1.807) is 0 Å². The average molecular weight is 160 g/mol. The van der Waals surface area contributed by atoms with Crippen LogP contribution in [0, 0.1) is 5.38 Å². The maximum Gasteiger partial charge on any atom is 1.00 e. The Hall–Kier alpha value is 0.807. The van der Waals surface area contributed by atoms with Gasteiger partial charge >= 0.3 is 18.9 Å². The van der Waals surface area contributed by atoms with Crippen molar-refractivity contribution >= 4 is 34.5 Å². The van der Waals surface area contributed by atoms with Crippen molar-refractivity contribution in [1.29, 1.82) is 0 Å². The Morgan fingerprint density at radius 3 is 2.25 bits per heavy atom. The molecule has 0 aromatic carbocycles. The molecular weight excluding hydrogens is 160 g/mol. The van der Waals surface area contributed by atoms with E-state index in [4.69, 9.17) is 23.2 Å². The van der Waals surface area contributed by atoms with Crippen molar-refractivity contribution in [1.82, 2.24) is 4.98 Å². The molecule has 0 radical (unpaired) electrons. The monoisotopic (exact) mass is 159 g/mol. The Morgan fingerprint density at radius 2 is 2.12 bits per heavy atom. The zero-order valence-corrected chi connectivity index (χ0v) is 6.44. The second-order valence-corrected chi connectivity index (χ2v) is 2.59. The number of hydrogen-bond acceptors (Lipinski definition) is 2. The topological polar surface area (TPSA) is 12.9 Å². The molecule has 0 aliphatic rings. The normalized spacial score (nSPS) is 8.25. The van der Waals surface area contributed by atoms with Crippen molar-refractivity contribution in [3.8, 4) is 0 Å². The van der Waals surface area contributed by atoms with Crippen LogP contribution in [0.2, 0.25) is 9.62 Å². The van der Waals surface area contributed by atoms with Gasteiger partial charge in [-0.1, -0.05) is 11.6 Å². The molecule has 0 bridgehead atoms. The average Bonchev–Trinajstić information content (AvgIpc) is 1.87. The van der Waals surface area contributed by atoms with Crippen molar-refractivity contribution in [2.24, 2.45) is 0 Å². The molecule has 0 fully saturated rings. The van der Waals surface area contributed by atoms with Gasteiger partial charge in [0.25, 0.3) is 0 Å². The third-order valence-electron chi connectivity index (χ3n) is 0.406. The van der Waals surface area contributed by atoms with Crippen molar-refractivity contribution in [2.45, 2.75) is 0 Å². The molecular formula is C3Cl2LiNS. The molecule has 8 heavy (non-hydrogen) atoms. The van der Waals surface area contributed by atoms with Crippen LogP contribution in [0.25, 0.3) is 0 Å². The minimum absolute atomic E-state index is 0. The summed E-state index contributed by atoms with van der Waals surface area (Å²) in [6.07, 6.45) is 0. The van der Waals surface area contributed by atoms with Crippen LogP contribution in [-0.4, -0.2) is 4.98 Å². The number of nitrogens with zero attached hydrogens (tertiary/aromatic N) is 1. The van der Waals surface area contributed by atoms with Crippen LogP contribution in [-0.2, 0) is 0 Å². The van der Waals surface area contributed by atoms with Crippen molar-refractivity contribution in [2.75, 3.05) is 0 Å². The molecule has 5 heteroatoms. The Labute approximate surface area is 73.2 Å². The van der Waals surface area contributed by atoms with E-state index in [0.29, 0.717) is 9.62 Å². The predicted molar refractivity (Wildman–Crippen MR) is 31.0 cm³/mol. The van der Waals surface area contributed by atoms with Gasteiger partial charge in [-0.15, -0.1) is 5.38 Å². The van der Waals surface area contributed by atoms with Gasteiger partial charge in [-0.25, -0.2) is 0 Å². The predicted octanol–water partition coefficient (Wildman–Crippen LogP) is -0.746. The van der Waals surface area contributed by atoms with E-state index >= 15 is 0 Å². The first-order chi connectivity index (χ1) is 3.29. The van der Waals surface area contributed by atoms with Gasteiger partial charge in [0.2, 0.25) is 0 Å². The molecule has 1 aromatic rings. The first kappa shape index (κ1) is 8.81. The van der Waals surface area contributed by atoms with Crippen LogP contribution in [0.15, 0.2) is 0 Å². The zero-order valence-electron chi connectivity index (χ0n) is 4.11. The summed E-state index contributed by atoms with van der Waals surface area (Å²) < 4.78 is 0.435. The second-order valence-electron chi connectivity index (χ2n) is 0.860. The van der Waals surface area contributed by atoms with Crippen LogP contribution in [0.5, 0.6) is 0 Å². The van der Waals surface area contributed by atoms with Gasteiger partial charge in [0.05, 0.1) is 0 Å². The van der Waals surface area contributed by atoms with Gasteiger partial charge in [-0.05, 0) is 0 Å². The van der Waals surface area contributed by atoms with Crippen LogP contribution in [0.3, 0.4) is 0 Å². The van der Waals surface area contributed by atoms with E-state index in [0.717, 1.165) is 0 Å². The van der Waals surface area contributed by atoms with E-state index in [1.165, 1.54) is 11.3 Å². The van der Waals surface area contributed by atoms with Crippen LogP contribution in [0.1, 0.15) is 0 Å². The summed E-state index contributed by atoms with van der Waals surface area (Å²) in [6.45, 7) is 0. The third-order valence-corrected chi connectivity index (χ3v) is 1.57. The summed E-state index contributed by atoms with van der Waals surface area (Å²) in [5.41, 5.74) is 0. The number of halogens is 2. The molecule has 0 spiro atoms. The SMILES string of the molecule is Clc1[c-]sc(Cl)n1.[Li+]. The fourth-order valence-corrected chi connectivity index (χ4v) is 1.05. The van der Waals surface area contributed by atoms with E-state index in [1.807, 2.05) is 0 Å². The molecule has 0 aliphatic heterocycles. The summed E-state index contributed by atoms with van der Waals surface area (Å²) >= 11 is 11.9. The summed E-state index contributed by atoms with van der Waals surface area (Å²) in [5, 5.41) is 2.97. The number of thiazole rings is 1. The summed E-state index contributed by atoms with van der Waals surface area (Å²) in [5.74, 6) is 0. The van der Waals surface area contributed by atoms with Gasteiger partial charge in [-0.3, -0.25) is 0 Å². The number of rotatable bonds is 0. The van der Waals surface area contributed by atoms with Crippen LogP contribution >= 0.6 is 34.5 Å². The van der Waals surface area contributed by atoms with Gasteiger partial charge in [0.15, 0.2) is 0 Å². The molecule has 0 atom stereocenters. The Morgan fingerprint density at radius 1 is 1.50 bits per heavy atom. The molecule has 0 N–H and O–H groups in total. The third kappa shape index (κ3) is 2.39. The van der Waals surface area contributed by atoms with Gasteiger partial charge in [-0.2, -0.15) is 11.6 Å². The molecule has 1 rings (SSSR count). The van der Waals surface area contributed by atoms with Crippen molar-refractivity contribution in [3.05, 3.63) is 15.0 Å². The Bertz CT molecular complexity index is 150. The first-order valence-electron chi connectivity index (χ1n) is 1.48. The fraction of sp³-hybridized carbons (Fsp3) is 0.